The first kappa shape index (κ1) is 13.7. The lowest BCUT2D eigenvalue weighted by Gasteiger charge is -2.33. The minimum absolute atomic E-state index is 0.345. The molecule has 0 aliphatic carbocycles. The van der Waals surface area contributed by atoms with E-state index in [2.05, 4.69) is 36.3 Å². The van der Waals surface area contributed by atoms with Crippen molar-refractivity contribution in [3.05, 3.63) is 23.8 Å². The van der Waals surface area contributed by atoms with E-state index < -0.39 is 0 Å². The number of nitrogens with zero attached hydrogens (tertiary/aromatic N) is 1. The minimum Gasteiger partial charge on any atom is -0.454 e. The Labute approximate surface area is 121 Å². The Morgan fingerprint density at radius 1 is 1.20 bits per heavy atom. The second kappa shape index (κ2) is 6.02. The monoisotopic (exact) mass is 276 g/mol. The summed E-state index contributed by atoms with van der Waals surface area (Å²) in [6.07, 6.45) is 3.77. The molecule has 2 atom stereocenters. The number of hydrogen-bond donors (Lipinski definition) is 1. The molecule has 2 aliphatic heterocycles. The van der Waals surface area contributed by atoms with Crippen LogP contribution in [-0.2, 0) is 0 Å². The molecule has 4 heteroatoms. The predicted octanol–water partition coefficient (Wildman–Crippen LogP) is 2.55. The van der Waals surface area contributed by atoms with Crippen molar-refractivity contribution >= 4 is 0 Å². The molecule has 20 heavy (non-hydrogen) atoms. The maximum Gasteiger partial charge on any atom is 0.231 e. The Morgan fingerprint density at radius 2 is 2.05 bits per heavy atom. The Morgan fingerprint density at radius 3 is 2.95 bits per heavy atom. The van der Waals surface area contributed by atoms with E-state index in [9.17, 15) is 0 Å². The average molecular weight is 276 g/mol. The summed E-state index contributed by atoms with van der Waals surface area (Å²) in [7, 11) is 2.24. The maximum absolute atomic E-state index is 5.48. The van der Waals surface area contributed by atoms with Gasteiger partial charge in [0.15, 0.2) is 11.5 Å². The van der Waals surface area contributed by atoms with Crippen molar-refractivity contribution < 1.29 is 9.47 Å². The first-order valence-electron chi connectivity index (χ1n) is 7.58. The van der Waals surface area contributed by atoms with Crippen LogP contribution in [-0.4, -0.2) is 37.9 Å². The summed E-state index contributed by atoms with van der Waals surface area (Å²) in [5.41, 5.74) is 1.30. The molecule has 0 aromatic heterocycles. The summed E-state index contributed by atoms with van der Waals surface area (Å²) >= 11 is 0. The third-order valence-corrected chi connectivity index (χ3v) is 4.61. The van der Waals surface area contributed by atoms with Gasteiger partial charge in [-0.25, -0.2) is 0 Å². The number of benzene rings is 1. The topological polar surface area (TPSA) is 33.7 Å². The Balaban J connectivity index is 1.72. The summed E-state index contributed by atoms with van der Waals surface area (Å²) in [4.78, 5) is 2.50. The molecule has 1 aromatic carbocycles. The largest absolute Gasteiger partial charge is 0.454 e. The van der Waals surface area contributed by atoms with Crippen molar-refractivity contribution in [2.45, 2.75) is 38.3 Å². The van der Waals surface area contributed by atoms with E-state index in [1.54, 1.807) is 0 Å². The maximum atomic E-state index is 5.48. The normalized spacial score (nSPS) is 23.6. The Kier molecular flexibility index (Phi) is 4.13. The van der Waals surface area contributed by atoms with Crippen molar-refractivity contribution in [3.63, 3.8) is 0 Å². The van der Waals surface area contributed by atoms with Crippen LogP contribution in [0.5, 0.6) is 11.5 Å². The summed E-state index contributed by atoms with van der Waals surface area (Å²) < 4.78 is 10.9. The number of fused-ring (bicyclic) bond motifs is 1. The van der Waals surface area contributed by atoms with Crippen molar-refractivity contribution in [3.8, 4) is 11.5 Å². The number of ether oxygens (including phenoxy) is 2. The molecule has 2 unspecified atom stereocenters. The summed E-state index contributed by atoms with van der Waals surface area (Å²) in [6, 6.07) is 7.36. The quantitative estimate of drug-likeness (QED) is 0.920. The molecule has 4 nitrogen and oxygen atoms in total. The van der Waals surface area contributed by atoms with E-state index in [0.29, 0.717) is 18.9 Å². The van der Waals surface area contributed by atoms with Crippen LogP contribution in [0.1, 0.15) is 37.8 Å². The van der Waals surface area contributed by atoms with Gasteiger partial charge in [0.1, 0.15) is 0 Å². The van der Waals surface area contributed by atoms with Gasteiger partial charge in [0, 0.05) is 12.1 Å². The standard InChI is InChI=1S/C16H24N2O2/c1-12(18(2)14-4-3-8-17-9-7-14)13-5-6-15-16(10-13)20-11-19-15/h5-6,10,12,14,17H,3-4,7-9,11H2,1-2H3. The van der Waals surface area contributed by atoms with Gasteiger partial charge in [-0.05, 0) is 64.0 Å². The number of hydrogen-bond acceptors (Lipinski definition) is 4. The van der Waals surface area contributed by atoms with Crippen molar-refractivity contribution in [2.75, 3.05) is 26.9 Å². The van der Waals surface area contributed by atoms with E-state index in [-0.39, 0.29) is 0 Å². The molecule has 1 saturated heterocycles. The summed E-state index contributed by atoms with van der Waals surface area (Å²) in [6.45, 7) is 4.90. The van der Waals surface area contributed by atoms with Crippen LogP contribution in [0.3, 0.4) is 0 Å². The zero-order chi connectivity index (χ0) is 13.9. The lowest BCUT2D eigenvalue weighted by atomic mass is 10.0. The SMILES string of the molecule is CC(c1ccc2c(c1)OCO2)N(C)C1CCCNCC1. The third kappa shape index (κ3) is 2.76. The fraction of sp³-hybridized carbons (Fsp3) is 0.625. The van der Waals surface area contributed by atoms with E-state index in [4.69, 9.17) is 9.47 Å². The van der Waals surface area contributed by atoms with Gasteiger partial charge in [0.25, 0.3) is 0 Å². The van der Waals surface area contributed by atoms with Crippen LogP contribution in [0.15, 0.2) is 18.2 Å². The third-order valence-electron chi connectivity index (χ3n) is 4.61. The van der Waals surface area contributed by atoms with Crippen molar-refractivity contribution in [1.82, 2.24) is 10.2 Å². The Bertz CT molecular complexity index is 456. The van der Waals surface area contributed by atoms with Gasteiger partial charge in [-0.1, -0.05) is 6.07 Å². The number of nitrogens with one attached hydrogen (secondary N) is 1. The van der Waals surface area contributed by atoms with Crippen LogP contribution >= 0.6 is 0 Å². The summed E-state index contributed by atoms with van der Waals surface area (Å²) in [5, 5.41) is 3.48. The molecule has 2 heterocycles. The van der Waals surface area contributed by atoms with Crippen LogP contribution in [0, 0.1) is 0 Å². The molecule has 110 valence electrons. The molecule has 2 aliphatic rings. The lowest BCUT2D eigenvalue weighted by Crippen LogP contribution is -2.34. The molecule has 0 amide bonds. The summed E-state index contributed by atoms with van der Waals surface area (Å²) in [5.74, 6) is 1.74. The van der Waals surface area contributed by atoms with Gasteiger partial charge in [-0.2, -0.15) is 0 Å². The van der Waals surface area contributed by atoms with Crippen LogP contribution < -0.4 is 14.8 Å². The molecule has 0 radical (unpaired) electrons. The van der Waals surface area contributed by atoms with E-state index in [0.717, 1.165) is 24.6 Å². The smallest absolute Gasteiger partial charge is 0.231 e. The lowest BCUT2D eigenvalue weighted by molar-refractivity contribution is 0.169. The van der Waals surface area contributed by atoms with Crippen LogP contribution in [0.25, 0.3) is 0 Å². The van der Waals surface area contributed by atoms with Gasteiger partial charge in [0.2, 0.25) is 6.79 Å². The predicted molar refractivity (Wildman–Crippen MR) is 79.3 cm³/mol. The zero-order valence-corrected chi connectivity index (χ0v) is 12.4. The van der Waals surface area contributed by atoms with Crippen LogP contribution in [0.2, 0.25) is 0 Å². The molecule has 0 spiro atoms. The highest BCUT2D eigenvalue weighted by Gasteiger charge is 2.23. The second-order valence-electron chi connectivity index (χ2n) is 5.79. The van der Waals surface area contributed by atoms with Gasteiger partial charge in [0.05, 0.1) is 0 Å². The van der Waals surface area contributed by atoms with Gasteiger partial charge in [-0.15, -0.1) is 0 Å². The fourth-order valence-corrected chi connectivity index (χ4v) is 3.13. The van der Waals surface area contributed by atoms with Crippen molar-refractivity contribution in [1.29, 1.82) is 0 Å². The van der Waals surface area contributed by atoms with E-state index >= 15 is 0 Å². The van der Waals surface area contributed by atoms with Crippen molar-refractivity contribution in [2.24, 2.45) is 0 Å². The first-order valence-corrected chi connectivity index (χ1v) is 7.58. The molecule has 1 fully saturated rings. The molecule has 0 bridgehead atoms. The van der Waals surface area contributed by atoms with E-state index in [1.165, 1.54) is 24.8 Å². The second-order valence-corrected chi connectivity index (χ2v) is 5.79. The van der Waals surface area contributed by atoms with E-state index in [1.807, 2.05) is 6.07 Å². The molecule has 1 aromatic rings. The molecular weight excluding hydrogens is 252 g/mol. The Hall–Kier alpha value is -1.26. The molecule has 1 N–H and O–H groups in total. The fourth-order valence-electron chi connectivity index (χ4n) is 3.13. The highest BCUT2D eigenvalue weighted by Crippen LogP contribution is 2.35. The molecular formula is C16H24N2O2. The minimum atomic E-state index is 0.345. The molecule has 0 saturated carbocycles. The molecule has 3 rings (SSSR count). The van der Waals surface area contributed by atoms with Gasteiger partial charge < -0.3 is 14.8 Å². The van der Waals surface area contributed by atoms with Gasteiger partial charge in [-0.3, -0.25) is 4.90 Å². The number of rotatable bonds is 3. The first-order chi connectivity index (χ1) is 9.75. The average Bonchev–Trinajstić information content (AvgIpc) is 2.77. The highest BCUT2D eigenvalue weighted by molar-refractivity contribution is 5.45. The highest BCUT2D eigenvalue weighted by atomic mass is 16.7. The van der Waals surface area contributed by atoms with Crippen LogP contribution in [0.4, 0.5) is 0 Å². The van der Waals surface area contributed by atoms with Gasteiger partial charge >= 0.3 is 0 Å². The zero-order valence-electron chi connectivity index (χ0n) is 12.4.